The second-order valence-electron chi connectivity index (χ2n) is 2.39. The van der Waals surface area contributed by atoms with Gasteiger partial charge in [0.25, 0.3) is 5.91 Å². The van der Waals surface area contributed by atoms with E-state index in [0.29, 0.717) is 0 Å². The molecule has 0 aliphatic heterocycles. The van der Waals surface area contributed by atoms with E-state index in [9.17, 15) is 18.0 Å². The number of hydrogen-bond acceptors (Lipinski definition) is 2. The zero-order chi connectivity index (χ0) is 10.2. The third-order valence-corrected chi connectivity index (χ3v) is 1.52. The number of carbonyl (C=O) groups is 1. The lowest BCUT2D eigenvalue weighted by molar-refractivity contribution is -0.213. The summed E-state index contributed by atoms with van der Waals surface area (Å²) in [7, 11) is 0. The molecular weight excluding hydrogens is 187 g/mol. The van der Waals surface area contributed by atoms with Gasteiger partial charge in [-0.25, -0.2) is 0 Å². The first kappa shape index (κ1) is 9.56. The summed E-state index contributed by atoms with van der Waals surface area (Å²) in [5.74, 6) is -0.923. The van der Waals surface area contributed by atoms with E-state index < -0.39 is 12.2 Å². The van der Waals surface area contributed by atoms with Gasteiger partial charge >= 0.3 is 6.30 Å². The lowest BCUT2D eigenvalue weighted by atomic mass is 10.2. The summed E-state index contributed by atoms with van der Waals surface area (Å²) in [6.45, 7) is 1.13. The van der Waals surface area contributed by atoms with Gasteiger partial charge in [0, 0.05) is 0 Å². The van der Waals surface area contributed by atoms with E-state index in [2.05, 4.69) is 5.10 Å². The van der Waals surface area contributed by atoms with E-state index >= 15 is 0 Å². The average molecular weight is 193 g/mol. The van der Waals surface area contributed by atoms with Gasteiger partial charge in [-0.05, 0) is 6.92 Å². The van der Waals surface area contributed by atoms with Crippen LogP contribution < -0.4 is 5.73 Å². The predicted octanol–water partition coefficient (Wildman–Crippen LogP) is 0.767. The summed E-state index contributed by atoms with van der Waals surface area (Å²) in [6.07, 6.45) is -3.82. The molecule has 0 radical (unpaired) electrons. The molecule has 4 nitrogen and oxygen atoms in total. The number of halogens is 3. The second kappa shape index (κ2) is 2.75. The molecule has 1 amide bonds. The van der Waals surface area contributed by atoms with Crippen LogP contribution in [0.4, 0.5) is 13.2 Å². The molecular formula is C6H6F3N3O. The van der Waals surface area contributed by atoms with Crippen molar-refractivity contribution in [3.05, 3.63) is 17.5 Å². The number of hydrogen-bond donors (Lipinski definition) is 1. The number of alkyl halides is 3. The Kier molecular flexibility index (Phi) is 2.02. The van der Waals surface area contributed by atoms with Crippen molar-refractivity contribution < 1.29 is 18.0 Å². The van der Waals surface area contributed by atoms with Crippen molar-refractivity contribution >= 4 is 5.91 Å². The van der Waals surface area contributed by atoms with Gasteiger partial charge in [0.2, 0.25) is 0 Å². The third-order valence-electron chi connectivity index (χ3n) is 1.52. The first-order chi connectivity index (χ1) is 5.84. The van der Waals surface area contributed by atoms with E-state index in [1.165, 1.54) is 0 Å². The molecule has 2 N–H and O–H groups in total. The second-order valence-corrected chi connectivity index (χ2v) is 2.39. The normalized spacial score (nSPS) is 11.7. The molecule has 0 aliphatic rings. The number of aromatic nitrogens is 2. The zero-order valence-electron chi connectivity index (χ0n) is 6.59. The number of primary amides is 1. The zero-order valence-corrected chi connectivity index (χ0v) is 6.59. The molecule has 0 spiro atoms. The van der Waals surface area contributed by atoms with Crippen LogP contribution in [0.15, 0.2) is 6.20 Å². The number of nitrogens with two attached hydrogens (primary N) is 1. The molecule has 72 valence electrons. The first-order valence-electron chi connectivity index (χ1n) is 3.25. The number of nitrogens with zero attached hydrogens (tertiary/aromatic N) is 2. The minimum Gasteiger partial charge on any atom is -0.365 e. The topological polar surface area (TPSA) is 60.9 Å². The van der Waals surface area contributed by atoms with Gasteiger partial charge in [-0.2, -0.15) is 9.78 Å². The number of rotatable bonds is 1. The van der Waals surface area contributed by atoms with E-state index in [1.54, 1.807) is 0 Å². The molecule has 0 atom stereocenters. The Balaban J connectivity index is 3.22. The SMILES string of the molecule is Cc1c(C(N)=O)cnn1C(F)(F)F. The van der Waals surface area contributed by atoms with Crippen molar-refractivity contribution in [2.75, 3.05) is 0 Å². The summed E-state index contributed by atoms with van der Waals surface area (Å²) < 4.78 is 36.0. The number of carbonyl (C=O) groups excluding carboxylic acids is 1. The highest BCUT2D eigenvalue weighted by molar-refractivity contribution is 5.93. The molecule has 0 aliphatic carbocycles. The van der Waals surface area contributed by atoms with Crippen LogP contribution in [0.1, 0.15) is 16.1 Å². The van der Waals surface area contributed by atoms with Crippen molar-refractivity contribution in [2.45, 2.75) is 13.2 Å². The molecule has 13 heavy (non-hydrogen) atoms. The Labute approximate surface area is 71.1 Å². The van der Waals surface area contributed by atoms with Crippen LogP contribution in [0.25, 0.3) is 0 Å². The minimum absolute atomic E-state index is 0.201. The Morgan fingerprint density at radius 3 is 2.38 bits per heavy atom. The van der Waals surface area contributed by atoms with Crippen LogP contribution in [0.2, 0.25) is 0 Å². The quantitative estimate of drug-likeness (QED) is 0.715. The Morgan fingerprint density at radius 2 is 2.15 bits per heavy atom. The van der Waals surface area contributed by atoms with E-state index in [4.69, 9.17) is 5.73 Å². The van der Waals surface area contributed by atoms with Gasteiger partial charge in [-0.3, -0.25) is 4.79 Å². The Hall–Kier alpha value is -1.53. The molecule has 1 aromatic rings. The minimum atomic E-state index is -4.61. The van der Waals surface area contributed by atoms with Gasteiger partial charge in [0.1, 0.15) is 0 Å². The van der Waals surface area contributed by atoms with Crippen LogP contribution in [-0.4, -0.2) is 15.7 Å². The standard InChI is InChI=1S/C6H6F3N3O/c1-3-4(5(10)13)2-11-12(3)6(7,8)9/h2H,1H3,(H2,10,13). The lowest BCUT2D eigenvalue weighted by Gasteiger charge is -2.07. The molecule has 0 unspecified atom stereocenters. The lowest BCUT2D eigenvalue weighted by Crippen LogP contribution is -2.21. The Bertz CT molecular complexity index is 341. The Morgan fingerprint density at radius 1 is 1.62 bits per heavy atom. The summed E-state index contributed by atoms with van der Waals surface area (Å²) in [4.78, 5) is 10.6. The first-order valence-corrected chi connectivity index (χ1v) is 3.25. The maximum absolute atomic E-state index is 12.1. The van der Waals surface area contributed by atoms with Crippen LogP contribution in [0.5, 0.6) is 0 Å². The van der Waals surface area contributed by atoms with Crippen LogP contribution in [0.3, 0.4) is 0 Å². The summed E-state index contributed by atoms with van der Waals surface area (Å²) in [6, 6.07) is 0. The highest BCUT2D eigenvalue weighted by atomic mass is 19.4. The van der Waals surface area contributed by atoms with E-state index in [0.717, 1.165) is 13.1 Å². The summed E-state index contributed by atoms with van der Waals surface area (Å²) in [5, 5.41) is 3.00. The van der Waals surface area contributed by atoms with Crippen LogP contribution >= 0.6 is 0 Å². The third kappa shape index (κ3) is 1.63. The van der Waals surface area contributed by atoms with E-state index in [-0.39, 0.29) is 15.9 Å². The maximum atomic E-state index is 12.1. The molecule has 1 aromatic heterocycles. The number of amides is 1. The highest BCUT2D eigenvalue weighted by Gasteiger charge is 2.34. The van der Waals surface area contributed by atoms with Crippen LogP contribution in [-0.2, 0) is 6.30 Å². The van der Waals surface area contributed by atoms with Gasteiger partial charge in [0.05, 0.1) is 17.5 Å². The van der Waals surface area contributed by atoms with Gasteiger partial charge in [0.15, 0.2) is 0 Å². The van der Waals surface area contributed by atoms with Crippen LogP contribution in [0, 0.1) is 6.92 Å². The maximum Gasteiger partial charge on any atom is 0.504 e. The van der Waals surface area contributed by atoms with Crippen molar-refractivity contribution in [2.24, 2.45) is 5.73 Å². The summed E-state index contributed by atoms with van der Waals surface area (Å²) >= 11 is 0. The van der Waals surface area contributed by atoms with Gasteiger partial charge in [-0.15, -0.1) is 13.2 Å². The largest absolute Gasteiger partial charge is 0.504 e. The molecule has 0 bridgehead atoms. The van der Waals surface area contributed by atoms with E-state index in [1.807, 2.05) is 0 Å². The van der Waals surface area contributed by atoms with Gasteiger partial charge < -0.3 is 5.73 Å². The smallest absolute Gasteiger partial charge is 0.365 e. The van der Waals surface area contributed by atoms with Crippen molar-refractivity contribution in [3.63, 3.8) is 0 Å². The fourth-order valence-electron chi connectivity index (χ4n) is 0.907. The predicted molar refractivity (Wildman–Crippen MR) is 36.8 cm³/mol. The fraction of sp³-hybridized carbons (Fsp3) is 0.333. The van der Waals surface area contributed by atoms with Crippen molar-refractivity contribution in [3.8, 4) is 0 Å². The molecule has 7 heteroatoms. The fourth-order valence-corrected chi connectivity index (χ4v) is 0.907. The average Bonchev–Trinajstić information content (AvgIpc) is 2.28. The molecule has 1 heterocycles. The molecule has 0 saturated heterocycles. The molecule has 1 rings (SSSR count). The van der Waals surface area contributed by atoms with Gasteiger partial charge in [-0.1, -0.05) is 0 Å². The van der Waals surface area contributed by atoms with Crippen molar-refractivity contribution in [1.29, 1.82) is 0 Å². The summed E-state index contributed by atoms with van der Waals surface area (Å²) in [5.41, 5.74) is 4.28. The molecule has 0 saturated carbocycles. The monoisotopic (exact) mass is 193 g/mol. The highest BCUT2D eigenvalue weighted by Crippen LogP contribution is 2.24. The molecule has 0 fully saturated rings. The molecule has 0 aromatic carbocycles. The van der Waals surface area contributed by atoms with Crippen molar-refractivity contribution in [1.82, 2.24) is 9.78 Å².